The minimum absolute atomic E-state index is 0.0332. The summed E-state index contributed by atoms with van der Waals surface area (Å²) in [6.07, 6.45) is 1.58. The maximum absolute atomic E-state index is 12.6. The number of rotatable bonds is 1. The van der Waals surface area contributed by atoms with Crippen LogP contribution in [0.5, 0.6) is 0 Å². The maximum atomic E-state index is 12.6. The van der Waals surface area contributed by atoms with Gasteiger partial charge in [-0.15, -0.1) is 0 Å². The monoisotopic (exact) mass is 291 g/mol. The molecule has 0 atom stereocenters. The number of hydrogen-bond donors (Lipinski definition) is 1. The molecule has 0 fully saturated rings. The summed E-state index contributed by atoms with van der Waals surface area (Å²) in [4.78, 5) is 14.4. The first-order valence-electron chi connectivity index (χ1n) is 7.18. The fraction of sp³-hybridized carbons (Fsp3) is 0.111. The van der Waals surface area contributed by atoms with Gasteiger partial charge in [-0.3, -0.25) is 10.0 Å². The average molecular weight is 291 g/mol. The van der Waals surface area contributed by atoms with E-state index in [-0.39, 0.29) is 5.91 Å². The van der Waals surface area contributed by atoms with E-state index in [1.165, 1.54) is 0 Å². The topological polar surface area (TPSA) is 44.4 Å². The molecule has 4 nitrogen and oxygen atoms in total. The Morgan fingerprint density at radius 3 is 2.86 bits per heavy atom. The molecule has 0 aliphatic carbocycles. The maximum Gasteiger partial charge on any atom is 0.264 e. The number of carbonyl (C=O) groups excluding carboxylic acids is 1. The molecule has 108 valence electrons. The minimum atomic E-state index is 0.0332. The van der Waals surface area contributed by atoms with Crippen LogP contribution in [0.1, 0.15) is 21.5 Å². The van der Waals surface area contributed by atoms with E-state index in [1.807, 2.05) is 49.4 Å². The van der Waals surface area contributed by atoms with E-state index in [2.05, 4.69) is 0 Å². The molecule has 0 saturated heterocycles. The Morgan fingerprint density at radius 1 is 1.14 bits per heavy atom. The molecule has 2 aromatic carbocycles. The van der Waals surface area contributed by atoms with E-state index in [0.717, 1.165) is 32.5 Å². The first-order valence-corrected chi connectivity index (χ1v) is 7.18. The third-order valence-corrected chi connectivity index (χ3v) is 4.14. The van der Waals surface area contributed by atoms with Crippen molar-refractivity contribution in [1.82, 2.24) is 0 Å². The van der Waals surface area contributed by atoms with Crippen molar-refractivity contribution in [3.8, 4) is 0 Å². The van der Waals surface area contributed by atoms with Gasteiger partial charge in [-0.05, 0) is 36.8 Å². The fourth-order valence-electron chi connectivity index (χ4n) is 2.98. The van der Waals surface area contributed by atoms with Gasteiger partial charge in [0.1, 0.15) is 0 Å². The van der Waals surface area contributed by atoms with Crippen LogP contribution in [0.4, 0.5) is 5.69 Å². The lowest BCUT2D eigenvalue weighted by Crippen LogP contribution is -2.30. The van der Waals surface area contributed by atoms with Crippen LogP contribution in [-0.4, -0.2) is 11.1 Å². The van der Waals surface area contributed by atoms with Crippen molar-refractivity contribution in [2.45, 2.75) is 13.5 Å². The highest BCUT2D eigenvalue weighted by Gasteiger charge is 2.28. The highest BCUT2D eigenvalue weighted by molar-refractivity contribution is 6.10. The molecule has 1 aromatic heterocycles. The molecular formula is C18H15N2O2+. The lowest BCUT2D eigenvalue weighted by molar-refractivity contribution is -0.884. The standard InChI is InChI=1S/C18H15N2O2/c1-12-4-5-14-11-19(18(21)16(14)9-12)15-6-7-17-13(10-15)3-2-8-20(17)22/h2-10,22H,11H2,1H3/q+1. The molecule has 0 saturated carbocycles. The van der Waals surface area contributed by atoms with Gasteiger partial charge < -0.3 is 4.90 Å². The Bertz CT molecular complexity index is 918. The van der Waals surface area contributed by atoms with Crippen molar-refractivity contribution < 1.29 is 14.7 Å². The molecule has 4 rings (SSSR count). The van der Waals surface area contributed by atoms with Crippen LogP contribution < -0.4 is 9.63 Å². The molecule has 1 N–H and O–H groups in total. The molecule has 3 aromatic rings. The smallest absolute Gasteiger partial charge is 0.264 e. The summed E-state index contributed by atoms with van der Waals surface area (Å²) in [7, 11) is 0. The van der Waals surface area contributed by atoms with Crippen LogP contribution in [0.15, 0.2) is 54.7 Å². The molecule has 0 unspecified atom stereocenters. The van der Waals surface area contributed by atoms with Crippen molar-refractivity contribution in [1.29, 1.82) is 0 Å². The van der Waals surface area contributed by atoms with Gasteiger partial charge in [-0.2, -0.15) is 0 Å². The van der Waals surface area contributed by atoms with E-state index in [0.29, 0.717) is 12.1 Å². The average Bonchev–Trinajstić information content (AvgIpc) is 2.84. The second kappa shape index (κ2) is 4.56. The molecule has 1 aliphatic heterocycles. The Balaban J connectivity index is 1.79. The van der Waals surface area contributed by atoms with Crippen LogP contribution >= 0.6 is 0 Å². The van der Waals surface area contributed by atoms with Gasteiger partial charge in [0.2, 0.25) is 6.20 Å². The number of anilines is 1. The van der Waals surface area contributed by atoms with Gasteiger partial charge in [-0.25, -0.2) is 0 Å². The predicted octanol–water partition coefficient (Wildman–Crippen LogP) is 2.83. The number of aromatic nitrogens is 1. The quantitative estimate of drug-likeness (QED) is 0.553. The Kier molecular flexibility index (Phi) is 2.66. The molecule has 2 heterocycles. The van der Waals surface area contributed by atoms with E-state index < -0.39 is 0 Å². The zero-order chi connectivity index (χ0) is 15.3. The van der Waals surface area contributed by atoms with E-state index >= 15 is 0 Å². The van der Waals surface area contributed by atoms with Crippen molar-refractivity contribution in [2.75, 3.05) is 4.90 Å². The number of aryl methyl sites for hydroxylation is 1. The summed E-state index contributed by atoms with van der Waals surface area (Å²) < 4.78 is 1.09. The summed E-state index contributed by atoms with van der Waals surface area (Å²) in [6.45, 7) is 2.58. The Morgan fingerprint density at radius 2 is 2.00 bits per heavy atom. The van der Waals surface area contributed by atoms with Gasteiger partial charge in [0.05, 0.1) is 11.9 Å². The number of carbonyl (C=O) groups is 1. The number of benzene rings is 2. The second-order valence-corrected chi connectivity index (χ2v) is 5.65. The number of hydrogen-bond acceptors (Lipinski definition) is 2. The minimum Gasteiger partial charge on any atom is -0.304 e. The van der Waals surface area contributed by atoms with Gasteiger partial charge in [-0.1, -0.05) is 17.7 Å². The number of amides is 1. The molecule has 0 bridgehead atoms. The van der Waals surface area contributed by atoms with Crippen LogP contribution in [0.2, 0.25) is 0 Å². The van der Waals surface area contributed by atoms with Gasteiger partial charge in [0.25, 0.3) is 11.4 Å². The van der Waals surface area contributed by atoms with Crippen molar-refractivity contribution in [3.05, 3.63) is 71.4 Å². The molecule has 1 aliphatic rings. The second-order valence-electron chi connectivity index (χ2n) is 5.65. The Labute approximate surface area is 127 Å². The zero-order valence-corrected chi connectivity index (χ0v) is 12.2. The number of fused-ring (bicyclic) bond motifs is 2. The number of nitrogens with zero attached hydrogens (tertiary/aromatic N) is 2. The molecule has 1 amide bonds. The van der Waals surface area contributed by atoms with Crippen molar-refractivity contribution in [3.63, 3.8) is 0 Å². The van der Waals surface area contributed by atoms with Crippen LogP contribution in [0.25, 0.3) is 10.9 Å². The molecule has 22 heavy (non-hydrogen) atoms. The SMILES string of the molecule is Cc1ccc2c(c1)C(=O)N(c1ccc3c(ccc[n+]3O)c1)C2. The third kappa shape index (κ3) is 1.84. The molecule has 0 radical (unpaired) electrons. The van der Waals surface area contributed by atoms with Crippen LogP contribution in [-0.2, 0) is 6.54 Å². The number of pyridine rings is 1. The lowest BCUT2D eigenvalue weighted by atomic mass is 10.1. The fourth-order valence-corrected chi connectivity index (χ4v) is 2.98. The molecule has 0 spiro atoms. The first-order chi connectivity index (χ1) is 10.6. The van der Waals surface area contributed by atoms with E-state index in [4.69, 9.17) is 0 Å². The van der Waals surface area contributed by atoms with Gasteiger partial charge in [0.15, 0.2) is 0 Å². The van der Waals surface area contributed by atoms with Crippen molar-refractivity contribution >= 4 is 22.5 Å². The zero-order valence-electron chi connectivity index (χ0n) is 12.2. The highest BCUT2D eigenvalue weighted by Crippen LogP contribution is 2.30. The largest absolute Gasteiger partial charge is 0.304 e. The Hall–Kier alpha value is -2.88. The normalized spacial score (nSPS) is 13.7. The van der Waals surface area contributed by atoms with Crippen molar-refractivity contribution in [2.24, 2.45) is 0 Å². The third-order valence-electron chi connectivity index (χ3n) is 4.14. The van der Waals surface area contributed by atoms with Crippen LogP contribution in [0, 0.1) is 6.92 Å². The summed E-state index contributed by atoms with van der Waals surface area (Å²) >= 11 is 0. The summed E-state index contributed by atoms with van der Waals surface area (Å²) in [6, 6.07) is 15.3. The summed E-state index contributed by atoms with van der Waals surface area (Å²) in [5.41, 5.74) is 4.49. The summed E-state index contributed by atoms with van der Waals surface area (Å²) in [5.74, 6) is 0.0332. The van der Waals surface area contributed by atoms with E-state index in [1.54, 1.807) is 17.2 Å². The van der Waals surface area contributed by atoms with E-state index in [9.17, 15) is 10.0 Å². The first kappa shape index (κ1) is 12.8. The van der Waals surface area contributed by atoms with Crippen LogP contribution in [0.3, 0.4) is 0 Å². The van der Waals surface area contributed by atoms with Gasteiger partial charge in [0, 0.05) is 28.1 Å². The summed E-state index contributed by atoms with van der Waals surface area (Å²) in [5, 5.41) is 10.7. The molecular weight excluding hydrogens is 276 g/mol. The predicted molar refractivity (Wildman–Crippen MR) is 83.0 cm³/mol. The lowest BCUT2D eigenvalue weighted by Gasteiger charge is -2.15. The molecule has 4 heteroatoms. The van der Waals surface area contributed by atoms with Gasteiger partial charge >= 0.3 is 0 Å². The highest BCUT2D eigenvalue weighted by atomic mass is 16.5.